The van der Waals surface area contributed by atoms with E-state index in [1.165, 1.54) is 12.8 Å². The lowest BCUT2D eigenvalue weighted by Crippen LogP contribution is -2.32. The smallest absolute Gasteiger partial charge is 0.133 e. The van der Waals surface area contributed by atoms with E-state index in [9.17, 15) is 0 Å². The molecule has 18 heavy (non-hydrogen) atoms. The highest BCUT2D eigenvalue weighted by Gasteiger charge is 2.25. The summed E-state index contributed by atoms with van der Waals surface area (Å²) >= 11 is 0. The molecule has 0 aliphatic carbocycles. The molecule has 1 aliphatic rings. The van der Waals surface area contributed by atoms with E-state index in [2.05, 4.69) is 15.2 Å². The molecule has 0 bridgehead atoms. The lowest BCUT2D eigenvalue weighted by molar-refractivity contribution is 0.213. The monoisotopic (exact) mass is 246 g/mol. The molecule has 2 aromatic rings. The molecule has 0 N–H and O–H groups in total. The molecule has 1 fully saturated rings. The zero-order chi connectivity index (χ0) is 12.4. The molecule has 1 aliphatic heterocycles. The average molecular weight is 246 g/mol. The second-order valence-corrected chi connectivity index (χ2v) is 4.92. The topological polar surface area (TPSA) is 47.1 Å². The minimum atomic E-state index is 0.557. The van der Waals surface area contributed by atoms with Crippen LogP contribution in [0.25, 0.3) is 0 Å². The van der Waals surface area contributed by atoms with Gasteiger partial charge in [0.05, 0.1) is 12.2 Å². The molecule has 1 atom stereocenters. The first-order valence-electron chi connectivity index (χ1n) is 6.45. The lowest BCUT2D eigenvalue weighted by Gasteiger charge is -2.23. The SMILES string of the molecule is Cc1cc(CN2CCC[C@@H]2Cn2cccn2)no1. The molecule has 1 saturated heterocycles. The predicted molar refractivity (Wildman–Crippen MR) is 66.9 cm³/mol. The van der Waals surface area contributed by atoms with E-state index in [1.54, 1.807) is 0 Å². The fourth-order valence-corrected chi connectivity index (χ4v) is 2.63. The standard InChI is InChI=1S/C13H18N4O/c1-11-8-12(15-18-11)9-16-6-2-4-13(16)10-17-7-3-5-14-17/h3,5,7-8,13H,2,4,6,9-10H2,1H3/t13-/m1/s1. The third-order valence-electron chi connectivity index (χ3n) is 3.50. The minimum Gasteiger partial charge on any atom is -0.361 e. The Kier molecular flexibility index (Phi) is 3.15. The van der Waals surface area contributed by atoms with E-state index in [4.69, 9.17) is 4.52 Å². The maximum absolute atomic E-state index is 5.12. The molecule has 2 aromatic heterocycles. The second-order valence-electron chi connectivity index (χ2n) is 4.92. The van der Waals surface area contributed by atoms with Crippen LogP contribution in [-0.4, -0.2) is 32.4 Å². The minimum absolute atomic E-state index is 0.557. The molecule has 0 aromatic carbocycles. The quantitative estimate of drug-likeness (QED) is 0.826. The summed E-state index contributed by atoms with van der Waals surface area (Å²) in [5, 5.41) is 8.35. The summed E-state index contributed by atoms with van der Waals surface area (Å²) in [4.78, 5) is 2.47. The number of rotatable bonds is 4. The second kappa shape index (κ2) is 4.94. The number of hydrogen-bond acceptors (Lipinski definition) is 4. The van der Waals surface area contributed by atoms with Gasteiger partial charge in [0, 0.05) is 31.0 Å². The Hall–Kier alpha value is -1.62. The average Bonchev–Trinajstić information content (AvgIpc) is 3.05. The lowest BCUT2D eigenvalue weighted by atomic mass is 10.2. The Balaban J connectivity index is 1.64. The van der Waals surface area contributed by atoms with Crippen molar-refractivity contribution >= 4 is 0 Å². The molecule has 0 amide bonds. The van der Waals surface area contributed by atoms with Crippen LogP contribution in [0, 0.1) is 6.92 Å². The largest absolute Gasteiger partial charge is 0.361 e. The molecule has 96 valence electrons. The summed E-state index contributed by atoms with van der Waals surface area (Å²) in [6.07, 6.45) is 6.34. The zero-order valence-electron chi connectivity index (χ0n) is 10.6. The number of likely N-dealkylation sites (tertiary alicyclic amines) is 1. The van der Waals surface area contributed by atoms with Gasteiger partial charge in [-0.1, -0.05) is 5.16 Å². The highest BCUT2D eigenvalue weighted by atomic mass is 16.5. The molecular weight excluding hydrogens is 228 g/mol. The van der Waals surface area contributed by atoms with Crippen LogP contribution >= 0.6 is 0 Å². The maximum Gasteiger partial charge on any atom is 0.133 e. The summed E-state index contributed by atoms with van der Waals surface area (Å²) in [6, 6.07) is 4.55. The molecule has 0 saturated carbocycles. The number of aryl methyl sites for hydroxylation is 1. The Morgan fingerprint density at radius 3 is 3.17 bits per heavy atom. The van der Waals surface area contributed by atoms with E-state index in [1.807, 2.05) is 36.1 Å². The Labute approximate surface area is 106 Å². The van der Waals surface area contributed by atoms with E-state index in [0.717, 1.165) is 31.1 Å². The summed E-state index contributed by atoms with van der Waals surface area (Å²) < 4.78 is 7.13. The molecule has 0 unspecified atom stereocenters. The number of nitrogens with zero attached hydrogens (tertiary/aromatic N) is 4. The normalized spacial score (nSPS) is 20.6. The number of aromatic nitrogens is 3. The first-order valence-corrected chi connectivity index (χ1v) is 6.45. The number of hydrogen-bond donors (Lipinski definition) is 0. The molecule has 0 spiro atoms. The van der Waals surface area contributed by atoms with Gasteiger partial charge in [0.2, 0.25) is 0 Å². The van der Waals surface area contributed by atoms with Crippen molar-refractivity contribution in [2.24, 2.45) is 0 Å². The van der Waals surface area contributed by atoms with E-state index >= 15 is 0 Å². The van der Waals surface area contributed by atoms with Crippen molar-refractivity contribution in [2.75, 3.05) is 6.54 Å². The Bertz CT molecular complexity index is 491. The summed E-state index contributed by atoms with van der Waals surface area (Å²) in [7, 11) is 0. The van der Waals surface area contributed by atoms with Gasteiger partial charge in [0.1, 0.15) is 5.76 Å². The Morgan fingerprint density at radius 1 is 1.50 bits per heavy atom. The summed E-state index contributed by atoms with van der Waals surface area (Å²) in [5.74, 6) is 0.882. The van der Waals surface area contributed by atoms with E-state index in [0.29, 0.717) is 6.04 Å². The van der Waals surface area contributed by atoms with Crippen molar-refractivity contribution in [3.63, 3.8) is 0 Å². The molecule has 5 nitrogen and oxygen atoms in total. The van der Waals surface area contributed by atoms with E-state index < -0.39 is 0 Å². The van der Waals surface area contributed by atoms with Gasteiger partial charge in [-0.25, -0.2) is 0 Å². The van der Waals surface area contributed by atoms with Crippen LogP contribution in [0.4, 0.5) is 0 Å². The first-order chi connectivity index (χ1) is 8.81. The van der Waals surface area contributed by atoms with Crippen molar-refractivity contribution in [3.8, 4) is 0 Å². The van der Waals surface area contributed by atoms with Crippen molar-refractivity contribution in [1.29, 1.82) is 0 Å². The van der Waals surface area contributed by atoms with Crippen molar-refractivity contribution in [1.82, 2.24) is 19.8 Å². The van der Waals surface area contributed by atoms with Crippen molar-refractivity contribution < 1.29 is 4.52 Å². The van der Waals surface area contributed by atoms with Gasteiger partial charge < -0.3 is 4.52 Å². The van der Waals surface area contributed by atoms with Gasteiger partial charge in [-0.3, -0.25) is 9.58 Å². The van der Waals surface area contributed by atoms with Crippen LogP contribution < -0.4 is 0 Å². The van der Waals surface area contributed by atoms with Crippen LogP contribution in [0.1, 0.15) is 24.3 Å². The van der Waals surface area contributed by atoms with Gasteiger partial charge in [-0.15, -0.1) is 0 Å². The third kappa shape index (κ3) is 2.46. The molecule has 5 heteroatoms. The van der Waals surface area contributed by atoms with Crippen LogP contribution in [0.15, 0.2) is 29.0 Å². The summed E-state index contributed by atoms with van der Waals surface area (Å²) in [6.45, 7) is 4.91. The van der Waals surface area contributed by atoms with Crippen LogP contribution in [0.3, 0.4) is 0 Å². The summed E-state index contributed by atoms with van der Waals surface area (Å²) in [5.41, 5.74) is 1.03. The van der Waals surface area contributed by atoms with Gasteiger partial charge in [-0.05, 0) is 32.4 Å². The van der Waals surface area contributed by atoms with Gasteiger partial charge in [0.15, 0.2) is 0 Å². The van der Waals surface area contributed by atoms with Crippen LogP contribution in [0.5, 0.6) is 0 Å². The highest BCUT2D eigenvalue weighted by Crippen LogP contribution is 2.21. The van der Waals surface area contributed by atoms with Gasteiger partial charge in [-0.2, -0.15) is 5.10 Å². The van der Waals surface area contributed by atoms with E-state index in [-0.39, 0.29) is 0 Å². The van der Waals surface area contributed by atoms with Crippen LogP contribution in [0.2, 0.25) is 0 Å². The fraction of sp³-hybridized carbons (Fsp3) is 0.538. The van der Waals surface area contributed by atoms with Crippen molar-refractivity contribution in [3.05, 3.63) is 36.0 Å². The highest BCUT2D eigenvalue weighted by molar-refractivity contribution is 5.04. The molecular formula is C13H18N4O. The molecule has 3 rings (SSSR count). The zero-order valence-corrected chi connectivity index (χ0v) is 10.6. The third-order valence-corrected chi connectivity index (χ3v) is 3.50. The Morgan fingerprint density at radius 2 is 2.44 bits per heavy atom. The molecule has 0 radical (unpaired) electrons. The fourth-order valence-electron chi connectivity index (χ4n) is 2.63. The predicted octanol–water partition coefficient (Wildman–Crippen LogP) is 1.84. The van der Waals surface area contributed by atoms with Crippen molar-refractivity contribution in [2.45, 2.75) is 38.9 Å². The maximum atomic E-state index is 5.12. The first kappa shape index (κ1) is 11.5. The molecule has 3 heterocycles. The van der Waals surface area contributed by atoms with Crippen LogP contribution in [-0.2, 0) is 13.1 Å². The van der Waals surface area contributed by atoms with Gasteiger partial charge >= 0.3 is 0 Å². The van der Waals surface area contributed by atoms with Gasteiger partial charge in [0.25, 0.3) is 0 Å².